The highest BCUT2D eigenvalue weighted by molar-refractivity contribution is 5.69. The molecule has 0 fully saturated rings. The van der Waals surface area contributed by atoms with Gasteiger partial charge in [0.25, 0.3) is 0 Å². The SMILES string of the molecule is CCc1nn(CC(=O)O)c2c1CCC2.CCc1nn(CC(=O)OC(C)(C)C)c2c1CCC2.O=C=O.O=C=O. The maximum atomic E-state index is 11.8. The second-order valence-electron chi connectivity index (χ2n) is 9.62. The number of carboxylic acid groups (broad SMARTS) is 1. The summed E-state index contributed by atoms with van der Waals surface area (Å²) < 4.78 is 8.84. The number of rotatable bonds is 6. The Balaban J connectivity index is 0.000000321. The van der Waals surface area contributed by atoms with Crippen LogP contribution in [0, 0.1) is 0 Å². The van der Waals surface area contributed by atoms with E-state index in [1.165, 1.54) is 23.2 Å². The maximum absolute atomic E-state index is 11.8. The van der Waals surface area contributed by atoms with Crippen molar-refractivity contribution in [2.45, 2.75) is 105 Å². The molecule has 0 atom stereocenters. The van der Waals surface area contributed by atoms with E-state index in [1.807, 2.05) is 25.5 Å². The third-order valence-corrected chi connectivity index (χ3v) is 5.83. The van der Waals surface area contributed by atoms with Crippen molar-refractivity contribution in [2.24, 2.45) is 0 Å². The molecule has 0 amide bonds. The van der Waals surface area contributed by atoms with Crippen LogP contribution in [0.5, 0.6) is 0 Å². The van der Waals surface area contributed by atoms with E-state index in [1.54, 1.807) is 4.68 Å². The molecule has 208 valence electrons. The number of hydrogen-bond acceptors (Lipinski definition) is 9. The summed E-state index contributed by atoms with van der Waals surface area (Å²) in [6.45, 7) is 10.1. The van der Waals surface area contributed by atoms with Gasteiger partial charge < -0.3 is 9.84 Å². The molecule has 2 aromatic heterocycles. The summed E-state index contributed by atoms with van der Waals surface area (Å²) in [5, 5.41) is 17.6. The zero-order valence-electron chi connectivity index (χ0n) is 22.7. The van der Waals surface area contributed by atoms with Crippen LogP contribution in [0.25, 0.3) is 0 Å². The molecule has 2 aliphatic carbocycles. The van der Waals surface area contributed by atoms with E-state index in [-0.39, 0.29) is 31.4 Å². The predicted molar refractivity (Wildman–Crippen MR) is 131 cm³/mol. The second-order valence-corrected chi connectivity index (χ2v) is 9.62. The number of carboxylic acids is 1. The molecule has 0 saturated carbocycles. The second kappa shape index (κ2) is 15.4. The van der Waals surface area contributed by atoms with Gasteiger partial charge >= 0.3 is 24.2 Å². The van der Waals surface area contributed by atoms with Crippen molar-refractivity contribution < 1.29 is 38.6 Å². The Morgan fingerprint density at radius 3 is 1.55 bits per heavy atom. The lowest BCUT2D eigenvalue weighted by Crippen LogP contribution is -2.27. The quantitative estimate of drug-likeness (QED) is 0.544. The Labute approximate surface area is 221 Å². The van der Waals surface area contributed by atoms with Crippen molar-refractivity contribution in [1.29, 1.82) is 0 Å². The van der Waals surface area contributed by atoms with Gasteiger partial charge in [0, 0.05) is 11.4 Å². The summed E-state index contributed by atoms with van der Waals surface area (Å²) in [6.07, 6.45) is 8.83. The molecule has 0 aromatic carbocycles. The summed E-state index contributed by atoms with van der Waals surface area (Å²) in [5.41, 5.74) is 6.84. The molecule has 2 heterocycles. The van der Waals surface area contributed by atoms with Gasteiger partial charge in [0.05, 0.1) is 11.4 Å². The normalized spacial score (nSPS) is 12.7. The Morgan fingerprint density at radius 2 is 1.21 bits per heavy atom. The van der Waals surface area contributed by atoms with Gasteiger partial charge in [0.2, 0.25) is 0 Å². The number of fused-ring (bicyclic) bond motifs is 2. The topological polar surface area (TPSA) is 168 Å². The minimum Gasteiger partial charge on any atom is -0.480 e. The first-order valence-electron chi connectivity index (χ1n) is 12.5. The van der Waals surface area contributed by atoms with E-state index >= 15 is 0 Å². The molecule has 38 heavy (non-hydrogen) atoms. The van der Waals surface area contributed by atoms with Crippen molar-refractivity contribution >= 4 is 24.2 Å². The molecule has 0 aliphatic heterocycles. The lowest BCUT2D eigenvalue weighted by atomic mass is 10.2. The van der Waals surface area contributed by atoms with Crippen molar-refractivity contribution in [2.75, 3.05) is 0 Å². The molecule has 0 spiro atoms. The third kappa shape index (κ3) is 9.53. The van der Waals surface area contributed by atoms with E-state index in [9.17, 15) is 9.59 Å². The number of aryl methyl sites for hydroxylation is 2. The zero-order valence-corrected chi connectivity index (χ0v) is 22.7. The van der Waals surface area contributed by atoms with Crippen LogP contribution < -0.4 is 0 Å². The number of esters is 1. The minimum absolute atomic E-state index is 0.00231. The number of carbonyl (C=O) groups is 2. The summed E-state index contributed by atoms with van der Waals surface area (Å²) in [5.74, 6) is -1.02. The molecule has 0 unspecified atom stereocenters. The highest BCUT2D eigenvalue weighted by Crippen LogP contribution is 2.26. The Hall–Kier alpha value is -3.88. The van der Waals surface area contributed by atoms with Crippen LogP contribution in [0.15, 0.2) is 0 Å². The molecular weight excluding hydrogens is 496 g/mol. The van der Waals surface area contributed by atoms with Crippen LogP contribution in [0.4, 0.5) is 0 Å². The first-order chi connectivity index (χ1) is 18.0. The number of ether oxygens (including phenoxy) is 1. The van der Waals surface area contributed by atoms with Crippen LogP contribution in [0.1, 0.15) is 81.4 Å². The van der Waals surface area contributed by atoms with Crippen LogP contribution in [0.2, 0.25) is 0 Å². The first-order valence-corrected chi connectivity index (χ1v) is 12.5. The largest absolute Gasteiger partial charge is 0.480 e. The van der Waals surface area contributed by atoms with Crippen molar-refractivity contribution in [3.63, 3.8) is 0 Å². The number of aliphatic carboxylic acids is 1. The number of hydrogen-bond donors (Lipinski definition) is 1. The molecule has 0 saturated heterocycles. The smallest absolute Gasteiger partial charge is 0.373 e. The van der Waals surface area contributed by atoms with Gasteiger partial charge in [-0.25, -0.2) is 0 Å². The fraction of sp³-hybridized carbons (Fsp3) is 0.615. The fourth-order valence-electron chi connectivity index (χ4n) is 4.63. The molecule has 2 aromatic rings. The molecule has 1 N–H and O–H groups in total. The van der Waals surface area contributed by atoms with E-state index in [0.29, 0.717) is 0 Å². The van der Waals surface area contributed by atoms with Crippen molar-refractivity contribution in [3.05, 3.63) is 33.9 Å². The highest BCUT2D eigenvalue weighted by atomic mass is 16.6. The maximum Gasteiger partial charge on any atom is 0.373 e. The third-order valence-electron chi connectivity index (χ3n) is 5.83. The van der Waals surface area contributed by atoms with E-state index < -0.39 is 11.6 Å². The fourth-order valence-corrected chi connectivity index (χ4v) is 4.63. The molecule has 4 rings (SSSR count). The van der Waals surface area contributed by atoms with Crippen molar-refractivity contribution in [1.82, 2.24) is 19.6 Å². The van der Waals surface area contributed by atoms with E-state index in [2.05, 4.69) is 24.0 Å². The monoisotopic (exact) mass is 532 g/mol. The van der Waals surface area contributed by atoms with Gasteiger partial charge in [-0.05, 0) is 83.3 Å². The average Bonchev–Trinajstić information content (AvgIpc) is 3.58. The van der Waals surface area contributed by atoms with Crippen molar-refractivity contribution in [3.8, 4) is 0 Å². The summed E-state index contributed by atoms with van der Waals surface area (Å²) >= 11 is 0. The minimum atomic E-state index is -0.815. The van der Waals surface area contributed by atoms with Crippen LogP contribution in [0.3, 0.4) is 0 Å². The molecular formula is C26H36N4O8. The van der Waals surface area contributed by atoms with E-state index in [0.717, 1.165) is 62.0 Å². The van der Waals surface area contributed by atoms with Gasteiger partial charge in [-0.1, -0.05) is 13.8 Å². The summed E-state index contributed by atoms with van der Waals surface area (Å²) in [7, 11) is 0. The highest BCUT2D eigenvalue weighted by Gasteiger charge is 2.24. The predicted octanol–water partition coefficient (Wildman–Crippen LogP) is 2.13. The van der Waals surface area contributed by atoms with Gasteiger partial charge in [-0.3, -0.25) is 19.0 Å². The molecule has 0 radical (unpaired) electrons. The van der Waals surface area contributed by atoms with Gasteiger partial charge in [-0.2, -0.15) is 29.4 Å². The van der Waals surface area contributed by atoms with E-state index in [4.69, 9.17) is 29.0 Å². The Morgan fingerprint density at radius 1 is 0.816 bits per heavy atom. The van der Waals surface area contributed by atoms with Crippen LogP contribution >= 0.6 is 0 Å². The number of aromatic nitrogens is 4. The average molecular weight is 533 g/mol. The molecule has 2 aliphatic rings. The summed E-state index contributed by atoms with van der Waals surface area (Å²) in [6, 6.07) is 0. The molecule has 0 bridgehead atoms. The molecule has 12 nitrogen and oxygen atoms in total. The molecule has 12 heteroatoms. The summed E-state index contributed by atoms with van der Waals surface area (Å²) in [4.78, 5) is 54.9. The van der Waals surface area contributed by atoms with Gasteiger partial charge in [-0.15, -0.1) is 0 Å². The van der Waals surface area contributed by atoms with Crippen LogP contribution in [-0.2, 0) is 85.1 Å². The lowest BCUT2D eigenvalue weighted by molar-refractivity contribution is -0.193. The Kier molecular flexibility index (Phi) is 13.0. The van der Waals surface area contributed by atoms with Gasteiger partial charge in [0.15, 0.2) is 0 Å². The first kappa shape index (κ1) is 32.1. The number of carbonyl (C=O) groups excluding carboxylic acids is 5. The van der Waals surface area contributed by atoms with Gasteiger partial charge in [0.1, 0.15) is 18.7 Å². The zero-order chi connectivity index (χ0) is 28.9. The van der Waals surface area contributed by atoms with Crippen LogP contribution in [-0.4, -0.2) is 54.5 Å². The Bertz CT molecular complexity index is 1150. The number of nitrogens with zero attached hydrogens (tertiary/aromatic N) is 4. The lowest BCUT2D eigenvalue weighted by Gasteiger charge is -2.19. The standard InChI is InChI=1S/C14H22N2O2.C10H14N2O2.2CO2/c1-5-11-10-7-6-8-12(10)16(15-11)9-13(17)18-14(2,3)4;1-2-8-7-4-3-5-9(7)12(11-8)6-10(13)14;2*2-1-3/h5-9H2,1-4H3;2-6H2,1H3,(H,13,14);;.